The largest absolute Gasteiger partial charge is 0.396 e. The Kier molecular flexibility index (Phi) is 5.96. The molecule has 1 aromatic heterocycles. The van der Waals surface area contributed by atoms with Crippen LogP contribution in [0.5, 0.6) is 0 Å². The Balaban J connectivity index is 2.23. The SMILES string of the molecule is Cc1ccc(CC(=O)NCCCC(C)(C)CO)cn1. The fourth-order valence-electron chi connectivity index (χ4n) is 1.72. The number of aliphatic hydroxyl groups excluding tert-OH is 1. The van der Waals surface area contributed by atoms with Crippen LogP contribution in [0.3, 0.4) is 0 Å². The zero-order valence-electron chi connectivity index (χ0n) is 12.1. The Hall–Kier alpha value is -1.42. The van der Waals surface area contributed by atoms with Gasteiger partial charge in [0.25, 0.3) is 0 Å². The van der Waals surface area contributed by atoms with Crippen molar-refractivity contribution in [1.82, 2.24) is 10.3 Å². The lowest BCUT2D eigenvalue weighted by Crippen LogP contribution is -2.27. The standard InChI is InChI=1S/C15H24N2O2/c1-12-5-6-13(10-17-12)9-14(19)16-8-4-7-15(2,3)11-18/h5-6,10,18H,4,7-9,11H2,1-3H3,(H,16,19). The predicted octanol–water partition coefficient (Wildman–Crippen LogP) is 1.85. The van der Waals surface area contributed by atoms with E-state index in [1.165, 1.54) is 0 Å². The van der Waals surface area contributed by atoms with Crippen molar-refractivity contribution in [1.29, 1.82) is 0 Å². The maximum atomic E-state index is 11.7. The lowest BCUT2D eigenvalue weighted by Gasteiger charge is -2.21. The maximum Gasteiger partial charge on any atom is 0.224 e. The third kappa shape index (κ3) is 6.34. The molecule has 0 fully saturated rings. The number of aromatic nitrogens is 1. The van der Waals surface area contributed by atoms with Gasteiger partial charge in [0, 0.05) is 25.0 Å². The number of carbonyl (C=O) groups excluding carboxylic acids is 1. The van der Waals surface area contributed by atoms with Gasteiger partial charge in [-0.2, -0.15) is 0 Å². The van der Waals surface area contributed by atoms with Gasteiger partial charge in [-0.25, -0.2) is 0 Å². The number of amides is 1. The topological polar surface area (TPSA) is 62.2 Å². The molecule has 0 spiro atoms. The molecule has 1 rings (SSSR count). The summed E-state index contributed by atoms with van der Waals surface area (Å²) in [6.45, 7) is 6.80. The molecule has 0 aliphatic rings. The molecule has 19 heavy (non-hydrogen) atoms. The highest BCUT2D eigenvalue weighted by Gasteiger charge is 2.15. The maximum absolute atomic E-state index is 11.7. The molecule has 0 unspecified atom stereocenters. The Bertz CT molecular complexity index is 399. The highest BCUT2D eigenvalue weighted by Crippen LogP contribution is 2.20. The highest BCUT2D eigenvalue weighted by atomic mass is 16.3. The van der Waals surface area contributed by atoms with Crippen molar-refractivity contribution in [2.45, 2.75) is 40.0 Å². The van der Waals surface area contributed by atoms with Crippen LogP contribution in [0.25, 0.3) is 0 Å². The van der Waals surface area contributed by atoms with Gasteiger partial charge in [0.05, 0.1) is 6.42 Å². The molecule has 1 heterocycles. The number of hydrogen-bond donors (Lipinski definition) is 2. The van der Waals surface area contributed by atoms with E-state index >= 15 is 0 Å². The average Bonchev–Trinajstić information content (AvgIpc) is 2.38. The second-order valence-electron chi connectivity index (χ2n) is 5.76. The Morgan fingerprint density at radius 2 is 2.16 bits per heavy atom. The molecule has 0 aliphatic heterocycles. The van der Waals surface area contributed by atoms with Crippen LogP contribution in [0.1, 0.15) is 37.9 Å². The number of carbonyl (C=O) groups is 1. The second kappa shape index (κ2) is 7.24. The number of nitrogens with one attached hydrogen (secondary N) is 1. The van der Waals surface area contributed by atoms with Crippen molar-refractivity contribution in [3.8, 4) is 0 Å². The summed E-state index contributed by atoms with van der Waals surface area (Å²) >= 11 is 0. The predicted molar refractivity (Wildman–Crippen MR) is 75.8 cm³/mol. The van der Waals surface area contributed by atoms with Crippen molar-refractivity contribution < 1.29 is 9.90 Å². The number of nitrogens with zero attached hydrogens (tertiary/aromatic N) is 1. The van der Waals surface area contributed by atoms with Gasteiger partial charge in [-0.1, -0.05) is 19.9 Å². The van der Waals surface area contributed by atoms with E-state index in [1.807, 2.05) is 32.9 Å². The van der Waals surface area contributed by atoms with Gasteiger partial charge in [-0.15, -0.1) is 0 Å². The van der Waals surface area contributed by atoms with Gasteiger partial charge < -0.3 is 10.4 Å². The number of rotatable bonds is 7. The van der Waals surface area contributed by atoms with E-state index in [1.54, 1.807) is 6.20 Å². The van der Waals surface area contributed by atoms with Crippen molar-refractivity contribution >= 4 is 5.91 Å². The summed E-state index contributed by atoms with van der Waals surface area (Å²) in [6, 6.07) is 3.84. The van der Waals surface area contributed by atoms with E-state index in [0.717, 1.165) is 24.1 Å². The van der Waals surface area contributed by atoms with E-state index in [9.17, 15) is 4.79 Å². The number of aliphatic hydroxyl groups is 1. The molecule has 1 aromatic rings. The second-order valence-corrected chi connectivity index (χ2v) is 5.76. The fraction of sp³-hybridized carbons (Fsp3) is 0.600. The smallest absolute Gasteiger partial charge is 0.224 e. The summed E-state index contributed by atoms with van der Waals surface area (Å²) in [6.07, 6.45) is 3.89. The first kappa shape index (κ1) is 15.6. The molecule has 106 valence electrons. The molecule has 2 N–H and O–H groups in total. The molecule has 1 amide bonds. The third-order valence-corrected chi connectivity index (χ3v) is 3.12. The van der Waals surface area contributed by atoms with Crippen LogP contribution >= 0.6 is 0 Å². The molecule has 0 atom stereocenters. The third-order valence-electron chi connectivity index (χ3n) is 3.12. The zero-order chi connectivity index (χ0) is 14.3. The molecule has 4 nitrogen and oxygen atoms in total. The minimum atomic E-state index is -0.0639. The number of hydrogen-bond acceptors (Lipinski definition) is 3. The normalized spacial score (nSPS) is 11.4. The van der Waals surface area contributed by atoms with Crippen LogP contribution in [-0.2, 0) is 11.2 Å². The van der Waals surface area contributed by atoms with Gasteiger partial charge in [0.2, 0.25) is 5.91 Å². The molecule has 0 aromatic carbocycles. The molecular weight excluding hydrogens is 240 g/mol. The summed E-state index contributed by atoms with van der Waals surface area (Å²) in [5.41, 5.74) is 1.82. The van der Waals surface area contributed by atoms with Gasteiger partial charge in [-0.05, 0) is 36.8 Å². The van der Waals surface area contributed by atoms with Crippen LogP contribution in [0.15, 0.2) is 18.3 Å². The molecular formula is C15H24N2O2. The summed E-state index contributed by atoms with van der Waals surface area (Å²) < 4.78 is 0. The quantitative estimate of drug-likeness (QED) is 0.739. The molecule has 0 bridgehead atoms. The first-order valence-corrected chi connectivity index (χ1v) is 6.72. The summed E-state index contributed by atoms with van der Waals surface area (Å²) in [7, 11) is 0. The van der Waals surface area contributed by atoms with Crippen LogP contribution in [0.2, 0.25) is 0 Å². The Morgan fingerprint density at radius 3 is 2.74 bits per heavy atom. The molecule has 0 saturated carbocycles. The zero-order valence-corrected chi connectivity index (χ0v) is 12.1. The minimum Gasteiger partial charge on any atom is -0.396 e. The van der Waals surface area contributed by atoms with Crippen molar-refractivity contribution in [2.24, 2.45) is 5.41 Å². The number of pyridine rings is 1. The van der Waals surface area contributed by atoms with Gasteiger partial charge in [-0.3, -0.25) is 9.78 Å². The van der Waals surface area contributed by atoms with Crippen LogP contribution < -0.4 is 5.32 Å². The molecule has 0 saturated heterocycles. The van der Waals surface area contributed by atoms with Gasteiger partial charge >= 0.3 is 0 Å². The average molecular weight is 264 g/mol. The molecule has 0 aliphatic carbocycles. The lowest BCUT2D eigenvalue weighted by molar-refractivity contribution is -0.120. The highest BCUT2D eigenvalue weighted by molar-refractivity contribution is 5.78. The van der Waals surface area contributed by atoms with Crippen LogP contribution in [0, 0.1) is 12.3 Å². The van der Waals surface area contributed by atoms with E-state index < -0.39 is 0 Å². The van der Waals surface area contributed by atoms with Gasteiger partial charge in [0.1, 0.15) is 0 Å². The van der Waals surface area contributed by atoms with E-state index in [4.69, 9.17) is 5.11 Å². The van der Waals surface area contributed by atoms with E-state index in [0.29, 0.717) is 13.0 Å². The van der Waals surface area contributed by atoms with E-state index in [2.05, 4.69) is 10.3 Å². The summed E-state index contributed by atoms with van der Waals surface area (Å²) in [4.78, 5) is 15.9. The molecule has 4 heteroatoms. The molecule has 0 radical (unpaired) electrons. The van der Waals surface area contributed by atoms with Crippen molar-refractivity contribution in [3.63, 3.8) is 0 Å². The van der Waals surface area contributed by atoms with Gasteiger partial charge in [0.15, 0.2) is 0 Å². The van der Waals surface area contributed by atoms with E-state index in [-0.39, 0.29) is 17.9 Å². The number of aryl methyl sites for hydroxylation is 1. The monoisotopic (exact) mass is 264 g/mol. The fourth-order valence-corrected chi connectivity index (χ4v) is 1.72. The van der Waals surface area contributed by atoms with Crippen LogP contribution in [0.4, 0.5) is 0 Å². The Morgan fingerprint density at radius 1 is 1.42 bits per heavy atom. The first-order valence-electron chi connectivity index (χ1n) is 6.72. The Labute approximate surface area is 115 Å². The summed E-state index contributed by atoms with van der Waals surface area (Å²) in [5.74, 6) is 0.0208. The minimum absolute atomic E-state index is 0.0208. The lowest BCUT2D eigenvalue weighted by atomic mass is 9.89. The van der Waals surface area contributed by atoms with Crippen molar-refractivity contribution in [3.05, 3.63) is 29.6 Å². The van der Waals surface area contributed by atoms with Crippen LogP contribution in [-0.4, -0.2) is 29.1 Å². The van der Waals surface area contributed by atoms with Crippen molar-refractivity contribution in [2.75, 3.05) is 13.2 Å². The summed E-state index contributed by atoms with van der Waals surface area (Å²) in [5, 5.41) is 12.0. The first-order chi connectivity index (χ1) is 8.93.